The van der Waals surface area contributed by atoms with Crippen LogP contribution in [0, 0.1) is 5.92 Å². The summed E-state index contributed by atoms with van der Waals surface area (Å²) in [6.45, 7) is 3.92. The zero-order chi connectivity index (χ0) is 9.10. The molecule has 0 bridgehead atoms. The molecule has 1 aliphatic heterocycles. The summed E-state index contributed by atoms with van der Waals surface area (Å²) in [6, 6.07) is 0.504. The Bertz CT molecular complexity index is 154. The smallest absolute Gasteiger partial charge is 0.00728 e. The van der Waals surface area contributed by atoms with Gasteiger partial charge in [0.05, 0.1) is 0 Å². The second-order valence-corrected chi connectivity index (χ2v) is 5.58. The Kier molecular flexibility index (Phi) is 3.52. The van der Waals surface area contributed by atoms with Crippen LogP contribution in [0.4, 0.5) is 0 Å². The van der Waals surface area contributed by atoms with Crippen LogP contribution in [0.3, 0.4) is 0 Å². The van der Waals surface area contributed by atoms with Gasteiger partial charge in [0.2, 0.25) is 0 Å². The predicted molar refractivity (Wildman–Crippen MR) is 59.1 cm³/mol. The lowest BCUT2D eigenvalue weighted by molar-refractivity contribution is 0.252. The number of hydrogen-bond donors (Lipinski definition) is 1. The Morgan fingerprint density at radius 1 is 1.23 bits per heavy atom. The molecule has 3 heteroatoms. The van der Waals surface area contributed by atoms with E-state index in [-0.39, 0.29) is 0 Å². The molecule has 0 spiro atoms. The molecule has 1 aliphatic carbocycles. The second-order valence-electron chi connectivity index (χ2n) is 4.35. The fourth-order valence-electron chi connectivity index (χ4n) is 2.43. The fraction of sp³-hybridized carbons (Fsp3) is 1.00. The Hall–Kier alpha value is 0.270. The summed E-state index contributed by atoms with van der Waals surface area (Å²) in [5.74, 6) is 3.57. The first-order valence-corrected chi connectivity index (χ1v) is 6.56. The van der Waals surface area contributed by atoms with Gasteiger partial charge in [-0.1, -0.05) is 0 Å². The minimum Gasteiger partial charge on any atom is -0.328 e. The van der Waals surface area contributed by atoms with Crippen LogP contribution in [0.5, 0.6) is 0 Å². The molecule has 1 heterocycles. The molecule has 2 rings (SSSR count). The third kappa shape index (κ3) is 2.86. The van der Waals surface area contributed by atoms with E-state index in [2.05, 4.69) is 16.7 Å². The summed E-state index contributed by atoms with van der Waals surface area (Å²) in [6.07, 6.45) is 3.89. The second kappa shape index (κ2) is 4.67. The van der Waals surface area contributed by atoms with Crippen molar-refractivity contribution in [1.82, 2.24) is 4.90 Å². The summed E-state index contributed by atoms with van der Waals surface area (Å²) in [5, 5.41) is 0. The molecule has 0 amide bonds. The minimum atomic E-state index is 0.504. The standard InChI is InChI=1S/C10H20N2S/c11-10-2-1-9(7-10)8-12-3-5-13-6-4-12/h9-10H,1-8,11H2. The molecule has 2 N–H and O–H groups in total. The molecule has 1 saturated heterocycles. The SMILES string of the molecule is NC1CCC(CN2CCSCC2)C1. The van der Waals surface area contributed by atoms with Crippen molar-refractivity contribution in [2.75, 3.05) is 31.1 Å². The third-order valence-corrected chi connectivity index (χ3v) is 4.14. The van der Waals surface area contributed by atoms with Gasteiger partial charge in [-0.3, -0.25) is 0 Å². The molecule has 2 nitrogen and oxygen atoms in total. The molecule has 2 atom stereocenters. The third-order valence-electron chi connectivity index (χ3n) is 3.20. The molecule has 2 unspecified atom stereocenters. The lowest BCUT2D eigenvalue weighted by atomic mass is 10.1. The molecule has 76 valence electrons. The molecular formula is C10H20N2S. The highest BCUT2D eigenvalue weighted by Crippen LogP contribution is 2.25. The van der Waals surface area contributed by atoms with Crippen molar-refractivity contribution in [3.63, 3.8) is 0 Å². The summed E-state index contributed by atoms with van der Waals surface area (Å²) in [7, 11) is 0. The van der Waals surface area contributed by atoms with Crippen molar-refractivity contribution in [2.45, 2.75) is 25.3 Å². The van der Waals surface area contributed by atoms with Gasteiger partial charge in [-0.25, -0.2) is 0 Å². The highest BCUT2D eigenvalue weighted by Gasteiger charge is 2.24. The molecule has 2 fully saturated rings. The van der Waals surface area contributed by atoms with E-state index in [0.29, 0.717) is 6.04 Å². The van der Waals surface area contributed by atoms with E-state index >= 15 is 0 Å². The van der Waals surface area contributed by atoms with E-state index in [4.69, 9.17) is 5.73 Å². The Labute approximate surface area is 85.2 Å². The minimum absolute atomic E-state index is 0.504. The average molecular weight is 200 g/mol. The topological polar surface area (TPSA) is 29.3 Å². The van der Waals surface area contributed by atoms with E-state index in [0.717, 1.165) is 5.92 Å². The Morgan fingerprint density at radius 2 is 2.00 bits per heavy atom. The monoisotopic (exact) mass is 200 g/mol. The van der Waals surface area contributed by atoms with Crippen LogP contribution < -0.4 is 5.73 Å². The first kappa shape index (κ1) is 9.81. The van der Waals surface area contributed by atoms with Crippen LogP contribution in [0.1, 0.15) is 19.3 Å². The number of hydrogen-bond acceptors (Lipinski definition) is 3. The quantitative estimate of drug-likeness (QED) is 0.725. The predicted octanol–water partition coefficient (Wildman–Crippen LogP) is 1.16. The zero-order valence-electron chi connectivity index (χ0n) is 8.24. The zero-order valence-corrected chi connectivity index (χ0v) is 9.06. The number of nitrogens with two attached hydrogens (primary N) is 1. The average Bonchev–Trinajstić information content (AvgIpc) is 2.53. The van der Waals surface area contributed by atoms with Gasteiger partial charge in [0.15, 0.2) is 0 Å². The summed E-state index contributed by atoms with van der Waals surface area (Å²) in [5.41, 5.74) is 5.91. The molecule has 0 aromatic heterocycles. The van der Waals surface area contributed by atoms with Crippen LogP contribution in [0.25, 0.3) is 0 Å². The number of nitrogens with zero attached hydrogens (tertiary/aromatic N) is 1. The molecule has 13 heavy (non-hydrogen) atoms. The van der Waals surface area contributed by atoms with Gasteiger partial charge in [0.1, 0.15) is 0 Å². The Balaban J connectivity index is 1.71. The van der Waals surface area contributed by atoms with E-state index in [1.54, 1.807) is 0 Å². The van der Waals surface area contributed by atoms with Gasteiger partial charge in [-0.15, -0.1) is 0 Å². The maximum absolute atomic E-state index is 5.91. The molecule has 2 aliphatic rings. The van der Waals surface area contributed by atoms with Crippen LogP contribution in [0.15, 0.2) is 0 Å². The first-order chi connectivity index (χ1) is 6.34. The van der Waals surface area contributed by atoms with Crippen molar-refractivity contribution in [1.29, 1.82) is 0 Å². The van der Waals surface area contributed by atoms with Crippen molar-refractivity contribution in [3.8, 4) is 0 Å². The summed E-state index contributed by atoms with van der Waals surface area (Å²) in [4.78, 5) is 2.62. The van der Waals surface area contributed by atoms with Gasteiger partial charge in [-0.05, 0) is 25.2 Å². The van der Waals surface area contributed by atoms with Crippen LogP contribution in [-0.4, -0.2) is 42.1 Å². The molecule has 0 aromatic rings. The lowest BCUT2D eigenvalue weighted by Gasteiger charge is -2.28. The maximum Gasteiger partial charge on any atom is 0.00728 e. The largest absolute Gasteiger partial charge is 0.328 e. The highest BCUT2D eigenvalue weighted by molar-refractivity contribution is 7.99. The van der Waals surface area contributed by atoms with E-state index in [1.165, 1.54) is 50.4 Å². The molecule has 1 saturated carbocycles. The number of thioether (sulfide) groups is 1. The van der Waals surface area contributed by atoms with Crippen LogP contribution in [0.2, 0.25) is 0 Å². The van der Waals surface area contributed by atoms with Gasteiger partial charge in [-0.2, -0.15) is 11.8 Å². The van der Waals surface area contributed by atoms with Crippen molar-refractivity contribution in [3.05, 3.63) is 0 Å². The first-order valence-electron chi connectivity index (χ1n) is 5.40. The van der Waals surface area contributed by atoms with E-state index in [1.807, 2.05) is 0 Å². The Morgan fingerprint density at radius 3 is 2.62 bits per heavy atom. The van der Waals surface area contributed by atoms with Gasteiger partial charge < -0.3 is 10.6 Å². The van der Waals surface area contributed by atoms with E-state index < -0.39 is 0 Å². The van der Waals surface area contributed by atoms with Crippen LogP contribution >= 0.6 is 11.8 Å². The molecule has 0 aromatic carbocycles. The normalized spacial score (nSPS) is 36.7. The molecule has 0 radical (unpaired) electrons. The van der Waals surface area contributed by atoms with Crippen molar-refractivity contribution < 1.29 is 0 Å². The van der Waals surface area contributed by atoms with Gasteiger partial charge in [0, 0.05) is 37.2 Å². The van der Waals surface area contributed by atoms with Crippen LogP contribution in [-0.2, 0) is 0 Å². The highest BCUT2D eigenvalue weighted by atomic mass is 32.2. The van der Waals surface area contributed by atoms with Gasteiger partial charge in [0.25, 0.3) is 0 Å². The number of rotatable bonds is 2. The van der Waals surface area contributed by atoms with Crippen molar-refractivity contribution in [2.24, 2.45) is 11.7 Å². The lowest BCUT2D eigenvalue weighted by Crippen LogP contribution is -2.36. The summed E-state index contributed by atoms with van der Waals surface area (Å²) >= 11 is 2.09. The van der Waals surface area contributed by atoms with Crippen molar-refractivity contribution >= 4 is 11.8 Å². The molecular weight excluding hydrogens is 180 g/mol. The van der Waals surface area contributed by atoms with Gasteiger partial charge >= 0.3 is 0 Å². The fourth-order valence-corrected chi connectivity index (χ4v) is 3.41. The maximum atomic E-state index is 5.91. The summed E-state index contributed by atoms with van der Waals surface area (Å²) < 4.78 is 0. The van der Waals surface area contributed by atoms with E-state index in [9.17, 15) is 0 Å².